The highest BCUT2D eigenvalue weighted by Crippen LogP contribution is 2.32. The van der Waals surface area contributed by atoms with E-state index in [2.05, 4.69) is 10.3 Å². The number of hydrogen-bond donors (Lipinski definition) is 2. The molecule has 7 heteroatoms. The number of thiazole rings is 1. The van der Waals surface area contributed by atoms with Crippen molar-refractivity contribution in [1.82, 2.24) is 15.2 Å². The maximum atomic E-state index is 12.1. The number of carboxylic acid groups (broad SMARTS) is 1. The Morgan fingerprint density at radius 1 is 1.63 bits per heavy atom. The molecule has 2 N–H and O–H groups in total. The van der Waals surface area contributed by atoms with Crippen LogP contribution in [0.2, 0.25) is 0 Å². The average molecular weight is 283 g/mol. The maximum absolute atomic E-state index is 12.1. The van der Waals surface area contributed by atoms with Gasteiger partial charge in [0.2, 0.25) is 0 Å². The van der Waals surface area contributed by atoms with Crippen LogP contribution in [-0.4, -0.2) is 39.1 Å². The fourth-order valence-corrected chi connectivity index (χ4v) is 3.06. The van der Waals surface area contributed by atoms with E-state index in [0.29, 0.717) is 25.9 Å². The van der Waals surface area contributed by atoms with Gasteiger partial charge in [0, 0.05) is 11.9 Å². The number of urea groups is 1. The van der Waals surface area contributed by atoms with Crippen molar-refractivity contribution < 1.29 is 14.7 Å². The molecule has 1 aliphatic rings. The number of nitrogens with one attached hydrogen (secondary N) is 1. The molecule has 19 heavy (non-hydrogen) atoms. The molecule has 1 atom stereocenters. The summed E-state index contributed by atoms with van der Waals surface area (Å²) in [5.41, 5.74) is 1.44. The first-order valence-electron chi connectivity index (χ1n) is 6.26. The molecular formula is C12H17N3O3S. The third kappa shape index (κ3) is 2.56. The van der Waals surface area contributed by atoms with Gasteiger partial charge >= 0.3 is 12.0 Å². The Kier molecular flexibility index (Phi) is 4.04. The lowest BCUT2D eigenvalue weighted by molar-refractivity contribution is -0.148. The molecule has 0 saturated carbocycles. The summed E-state index contributed by atoms with van der Waals surface area (Å²) in [6, 6.07) is -0.324. The van der Waals surface area contributed by atoms with Crippen LogP contribution in [0.1, 0.15) is 31.9 Å². The number of hydrogen-bond acceptors (Lipinski definition) is 4. The number of amides is 2. The summed E-state index contributed by atoms with van der Waals surface area (Å²) in [4.78, 5) is 29.1. The highest BCUT2D eigenvalue weighted by molar-refractivity contribution is 7.07. The SMILES string of the molecule is CCC1(C(=O)O)CCCN1C(=O)NCc1cscn1. The Hall–Kier alpha value is -1.63. The smallest absolute Gasteiger partial charge is 0.329 e. The molecule has 0 radical (unpaired) electrons. The second kappa shape index (κ2) is 5.56. The van der Waals surface area contributed by atoms with Gasteiger partial charge in [0.15, 0.2) is 0 Å². The standard InChI is InChI=1S/C12H17N3O3S/c1-2-12(10(16)17)4-3-5-15(12)11(18)13-6-9-7-19-8-14-9/h7-8H,2-6H2,1H3,(H,13,18)(H,16,17). The number of carbonyl (C=O) groups excluding carboxylic acids is 1. The first kappa shape index (κ1) is 13.8. The van der Waals surface area contributed by atoms with Crippen molar-refractivity contribution in [3.05, 3.63) is 16.6 Å². The summed E-state index contributed by atoms with van der Waals surface area (Å²) >= 11 is 1.46. The number of aromatic nitrogens is 1. The summed E-state index contributed by atoms with van der Waals surface area (Å²) in [7, 11) is 0. The molecule has 1 aromatic rings. The van der Waals surface area contributed by atoms with Crippen LogP contribution in [0, 0.1) is 0 Å². The summed E-state index contributed by atoms with van der Waals surface area (Å²) in [5, 5.41) is 14.0. The quantitative estimate of drug-likeness (QED) is 0.880. The summed E-state index contributed by atoms with van der Waals surface area (Å²) in [5.74, 6) is -0.920. The van der Waals surface area contributed by atoms with Gasteiger partial charge in [-0.2, -0.15) is 0 Å². The van der Waals surface area contributed by atoms with Crippen LogP contribution in [-0.2, 0) is 11.3 Å². The molecule has 2 rings (SSSR count). The zero-order valence-corrected chi connectivity index (χ0v) is 11.6. The van der Waals surface area contributed by atoms with E-state index in [1.165, 1.54) is 16.2 Å². The van der Waals surface area contributed by atoms with E-state index < -0.39 is 11.5 Å². The molecule has 2 amide bonds. The molecule has 0 aromatic carbocycles. The van der Waals surface area contributed by atoms with Gasteiger partial charge in [0.25, 0.3) is 0 Å². The van der Waals surface area contributed by atoms with Crippen molar-refractivity contribution in [1.29, 1.82) is 0 Å². The average Bonchev–Trinajstić information content (AvgIpc) is 3.05. The monoisotopic (exact) mass is 283 g/mol. The van der Waals surface area contributed by atoms with E-state index in [1.807, 2.05) is 5.38 Å². The van der Waals surface area contributed by atoms with Crippen LogP contribution < -0.4 is 5.32 Å². The molecule has 1 fully saturated rings. The Morgan fingerprint density at radius 3 is 3.00 bits per heavy atom. The van der Waals surface area contributed by atoms with Gasteiger partial charge in [-0.3, -0.25) is 0 Å². The molecular weight excluding hydrogens is 266 g/mol. The van der Waals surface area contributed by atoms with Crippen LogP contribution in [0.25, 0.3) is 0 Å². The van der Waals surface area contributed by atoms with Gasteiger partial charge in [-0.15, -0.1) is 11.3 Å². The highest BCUT2D eigenvalue weighted by atomic mass is 32.1. The van der Waals surface area contributed by atoms with Gasteiger partial charge in [-0.05, 0) is 19.3 Å². The number of rotatable bonds is 4. The lowest BCUT2D eigenvalue weighted by atomic mass is 9.93. The number of aliphatic carboxylic acids is 1. The topological polar surface area (TPSA) is 82.5 Å². The predicted octanol–water partition coefficient (Wildman–Crippen LogP) is 1.68. The molecule has 0 bridgehead atoms. The van der Waals surface area contributed by atoms with E-state index in [-0.39, 0.29) is 6.03 Å². The lowest BCUT2D eigenvalue weighted by Gasteiger charge is -2.33. The normalized spacial score (nSPS) is 22.5. The Bertz CT molecular complexity index is 463. The van der Waals surface area contributed by atoms with Crippen molar-refractivity contribution >= 4 is 23.3 Å². The minimum absolute atomic E-state index is 0.324. The number of carboxylic acids is 1. The van der Waals surface area contributed by atoms with Crippen molar-refractivity contribution in [2.24, 2.45) is 0 Å². The van der Waals surface area contributed by atoms with E-state index in [4.69, 9.17) is 0 Å². The number of likely N-dealkylation sites (tertiary alicyclic amines) is 1. The van der Waals surface area contributed by atoms with Crippen molar-refractivity contribution in [2.45, 2.75) is 38.3 Å². The summed E-state index contributed by atoms with van der Waals surface area (Å²) in [6.07, 6.45) is 1.67. The Balaban J connectivity index is 2.03. The largest absolute Gasteiger partial charge is 0.479 e. The van der Waals surface area contributed by atoms with Gasteiger partial charge in [0.1, 0.15) is 5.54 Å². The van der Waals surface area contributed by atoms with Crippen molar-refractivity contribution in [3.63, 3.8) is 0 Å². The number of carbonyl (C=O) groups is 2. The highest BCUT2D eigenvalue weighted by Gasteiger charge is 2.48. The second-order valence-electron chi connectivity index (χ2n) is 4.58. The van der Waals surface area contributed by atoms with Gasteiger partial charge in [-0.1, -0.05) is 6.92 Å². The summed E-state index contributed by atoms with van der Waals surface area (Å²) in [6.45, 7) is 2.63. The minimum atomic E-state index is -1.05. The van der Waals surface area contributed by atoms with E-state index >= 15 is 0 Å². The first-order chi connectivity index (χ1) is 9.10. The zero-order valence-electron chi connectivity index (χ0n) is 10.8. The predicted molar refractivity (Wildman–Crippen MR) is 70.9 cm³/mol. The molecule has 1 unspecified atom stereocenters. The van der Waals surface area contributed by atoms with Crippen molar-refractivity contribution in [3.8, 4) is 0 Å². The van der Waals surface area contributed by atoms with Crippen molar-refractivity contribution in [2.75, 3.05) is 6.54 Å². The molecule has 0 aliphatic carbocycles. The lowest BCUT2D eigenvalue weighted by Crippen LogP contribution is -2.55. The maximum Gasteiger partial charge on any atom is 0.329 e. The van der Waals surface area contributed by atoms with Crippen LogP contribution >= 0.6 is 11.3 Å². The molecule has 6 nitrogen and oxygen atoms in total. The van der Waals surface area contributed by atoms with Gasteiger partial charge < -0.3 is 15.3 Å². The zero-order chi connectivity index (χ0) is 13.9. The third-order valence-electron chi connectivity index (χ3n) is 3.62. The third-order valence-corrected chi connectivity index (χ3v) is 4.26. The van der Waals surface area contributed by atoms with Crippen LogP contribution in [0.3, 0.4) is 0 Å². The fraction of sp³-hybridized carbons (Fsp3) is 0.583. The molecule has 2 heterocycles. The van der Waals surface area contributed by atoms with Crippen LogP contribution in [0.15, 0.2) is 10.9 Å². The number of nitrogens with zero attached hydrogens (tertiary/aromatic N) is 2. The molecule has 1 saturated heterocycles. The van der Waals surface area contributed by atoms with E-state index in [9.17, 15) is 14.7 Å². The van der Waals surface area contributed by atoms with Crippen LogP contribution in [0.5, 0.6) is 0 Å². The van der Waals surface area contributed by atoms with E-state index in [0.717, 1.165) is 12.1 Å². The van der Waals surface area contributed by atoms with Gasteiger partial charge in [0.05, 0.1) is 17.7 Å². The fourth-order valence-electron chi connectivity index (χ4n) is 2.50. The molecule has 1 aromatic heterocycles. The Morgan fingerprint density at radius 2 is 2.42 bits per heavy atom. The second-order valence-corrected chi connectivity index (χ2v) is 5.30. The molecule has 0 spiro atoms. The first-order valence-corrected chi connectivity index (χ1v) is 7.20. The van der Waals surface area contributed by atoms with Gasteiger partial charge in [-0.25, -0.2) is 14.6 Å². The summed E-state index contributed by atoms with van der Waals surface area (Å²) < 4.78 is 0. The molecule has 104 valence electrons. The minimum Gasteiger partial charge on any atom is -0.479 e. The molecule has 1 aliphatic heterocycles. The van der Waals surface area contributed by atoms with E-state index in [1.54, 1.807) is 12.4 Å². The van der Waals surface area contributed by atoms with Crippen LogP contribution in [0.4, 0.5) is 4.79 Å². The Labute approximate surface area is 115 Å².